The standard InChI is InChI=1S/C54H35NO2/c1-3-13-36(14-4-1)43-17-7-8-18-44(43)38-25-29-40(30-26-38)55(41-31-27-39(28-32-41)46-21-11-22-48-47-19-9-10-23-50(47)57-54(46)48)42-33-34-49-52(35-42)56-51-24-12-20-45(53(49)51)37-15-5-2-6-16-37/h1-35H. The molecule has 0 unspecified atom stereocenters. The van der Waals surface area contributed by atoms with Crippen molar-refractivity contribution in [3.63, 3.8) is 0 Å². The summed E-state index contributed by atoms with van der Waals surface area (Å²) in [5.41, 5.74) is 15.9. The Morgan fingerprint density at radius 3 is 1.47 bits per heavy atom. The van der Waals surface area contributed by atoms with Gasteiger partial charge >= 0.3 is 0 Å². The number of fused-ring (bicyclic) bond motifs is 6. The molecule has 268 valence electrons. The third kappa shape index (κ3) is 5.68. The van der Waals surface area contributed by atoms with Gasteiger partial charge in [0.05, 0.1) is 0 Å². The van der Waals surface area contributed by atoms with E-state index in [0.717, 1.165) is 83.2 Å². The molecule has 11 aromatic rings. The van der Waals surface area contributed by atoms with Crippen LogP contribution >= 0.6 is 0 Å². The highest BCUT2D eigenvalue weighted by atomic mass is 16.3. The van der Waals surface area contributed by atoms with E-state index in [9.17, 15) is 0 Å². The summed E-state index contributed by atoms with van der Waals surface area (Å²) in [6.07, 6.45) is 0. The Balaban J connectivity index is 1.04. The lowest BCUT2D eigenvalue weighted by molar-refractivity contribution is 0.669. The number of furan rings is 2. The van der Waals surface area contributed by atoms with Gasteiger partial charge in [-0.2, -0.15) is 0 Å². The second-order valence-electron chi connectivity index (χ2n) is 14.4. The summed E-state index contributed by atoms with van der Waals surface area (Å²) in [5.74, 6) is 0. The topological polar surface area (TPSA) is 29.5 Å². The van der Waals surface area contributed by atoms with Gasteiger partial charge in [-0.1, -0.05) is 158 Å². The molecule has 3 nitrogen and oxygen atoms in total. The highest BCUT2D eigenvalue weighted by Gasteiger charge is 2.19. The molecule has 0 bridgehead atoms. The minimum absolute atomic E-state index is 0.845. The van der Waals surface area contributed by atoms with Crippen molar-refractivity contribution in [2.45, 2.75) is 0 Å². The quantitative estimate of drug-likeness (QED) is 0.164. The van der Waals surface area contributed by atoms with Crippen LogP contribution in [0.3, 0.4) is 0 Å². The molecule has 0 aliphatic carbocycles. The van der Waals surface area contributed by atoms with E-state index >= 15 is 0 Å². The molecular formula is C54H35NO2. The number of hydrogen-bond acceptors (Lipinski definition) is 3. The molecule has 11 rings (SSSR count). The van der Waals surface area contributed by atoms with Gasteiger partial charge in [-0.3, -0.25) is 0 Å². The van der Waals surface area contributed by atoms with E-state index in [1.165, 1.54) is 22.3 Å². The van der Waals surface area contributed by atoms with Crippen molar-refractivity contribution in [1.82, 2.24) is 0 Å². The van der Waals surface area contributed by atoms with E-state index in [1.807, 2.05) is 12.1 Å². The zero-order chi connectivity index (χ0) is 37.7. The lowest BCUT2D eigenvalue weighted by Crippen LogP contribution is -2.09. The van der Waals surface area contributed by atoms with Gasteiger partial charge in [0.1, 0.15) is 22.3 Å². The van der Waals surface area contributed by atoms with Crippen LogP contribution in [0.25, 0.3) is 88.4 Å². The molecule has 0 N–H and O–H groups in total. The molecule has 3 heteroatoms. The molecule has 0 aliphatic heterocycles. The normalized spacial score (nSPS) is 11.5. The first kappa shape index (κ1) is 32.8. The van der Waals surface area contributed by atoms with Crippen molar-refractivity contribution >= 4 is 60.9 Å². The summed E-state index contributed by atoms with van der Waals surface area (Å²) < 4.78 is 13.0. The Kier molecular flexibility index (Phi) is 7.82. The summed E-state index contributed by atoms with van der Waals surface area (Å²) in [7, 11) is 0. The van der Waals surface area contributed by atoms with Gasteiger partial charge in [-0.25, -0.2) is 0 Å². The Hall–Kier alpha value is -7.62. The van der Waals surface area contributed by atoms with E-state index < -0.39 is 0 Å². The molecule has 0 fully saturated rings. The van der Waals surface area contributed by atoms with Crippen molar-refractivity contribution < 1.29 is 8.83 Å². The number of para-hydroxylation sites is 2. The predicted molar refractivity (Wildman–Crippen MR) is 237 cm³/mol. The molecule has 0 saturated heterocycles. The average Bonchev–Trinajstić information content (AvgIpc) is 3.86. The zero-order valence-electron chi connectivity index (χ0n) is 31.0. The zero-order valence-corrected chi connectivity index (χ0v) is 31.0. The molecule has 9 aromatic carbocycles. The Morgan fingerprint density at radius 2 is 0.772 bits per heavy atom. The maximum absolute atomic E-state index is 6.62. The van der Waals surface area contributed by atoms with Crippen molar-refractivity contribution in [2.24, 2.45) is 0 Å². The predicted octanol–water partition coefficient (Wildman–Crippen LogP) is 15.6. The number of hydrogen-bond donors (Lipinski definition) is 0. The monoisotopic (exact) mass is 729 g/mol. The number of benzene rings is 9. The van der Waals surface area contributed by atoms with E-state index in [1.54, 1.807) is 0 Å². The fraction of sp³-hybridized carbons (Fsp3) is 0. The molecule has 0 spiro atoms. The van der Waals surface area contributed by atoms with Crippen LogP contribution in [-0.2, 0) is 0 Å². The molecule has 2 aromatic heterocycles. The van der Waals surface area contributed by atoms with Gasteiger partial charge in [0.15, 0.2) is 0 Å². The van der Waals surface area contributed by atoms with E-state index in [2.05, 4.69) is 205 Å². The van der Waals surface area contributed by atoms with Crippen LogP contribution in [0, 0.1) is 0 Å². The molecule has 0 amide bonds. The van der Waals surface area contributed by atoms with Crippen LogP contribution in [0.5, 0.6) is 0 Å². The molecule has 0 saturated carbocycles. The van der Waals surface area contributed by atoms with Crippen molar-refractivity contribution in [3.8, 4) is 44.5 Å². The van der Waals surface area contributed by atoms with Gasteiger partial charge in [0.25, 0.3) is 0 Å². The highest BCUT2D eigenvalue weighted by Crippen LogP contribution is 2.43. The SMILES string of the molecule is c1ccc(-c2ccccc2-c2ccc(N(c3ccc(-c4cccc5c4oc4ccccc45)cc3)c3ccc4c(c3)oc3cccc(-c5ccccc5)c34)cc2)cc1. The van der Waals surface area contributed by atoms with Crippen molar-refractivity contribution in [2.75, 3.05) is 4.90 Å². The molecular weight excluding hydrogens is 695 g/mol. The minimum Gasteiger partial charge on any atom is -0.456 e. The largest absolute Gasteiger partial charge is 0.456 e. The second kappa shape index (κ2) is 13.6. The maximum Gasteiger partial charge on any atom is 0.143 e. The summed E-state index contributed by atoms with van der Waals surface area (Å²) in [5, 5.41) is 4.47. The smallest absolute Gasteiger partial charge is 0.143 e. The first-order chi connectivity index (χ1) is 28.3. The molecule has 57 heavy (non-hydrogen) atoms. The van der Waals surface area contributed by atoms with Crippen LogP contribution in [0.4, 0.5) is 17.1 Å². The number of nitrogens with zero attached hydrogens (tertiary/aromatic N) is 1. The Bertz CT molecular complexity index is 3210. The summed E-state index contributed by atoms with van der Waals surface area (Å²) >= 11 is 0. The van der Waals surface area contributed by atoms with Crippen LogP contribution in [0.15, 0.2) is 221 Å². The number of anilines is 3. The lowest BCUT2D eigenvalue weighted by Gasteiger charge is -2.26. The summed E-state index contributed by atoms with van der Waals surface area (Å²) in [4.78, 5) is 2.31. The third-order valence-corrected chi connectivity index (χ3v) is 11.1. The highest BCUT2D eigenvalue weighted by molar-refractivity contribution is 6.13. The Labute approximate surface area is 330 Å². The van der Waals surface area contributed by atoms with Gasteiger partial charge < -0.3 is 13.7 Å². The van der Waals surface area contributed by atoms with E-state index in [-0.39, 0.29) is 0 Å². The first-order valence-corrected chi connectivity index (χ1v) is 19.3. The summed E-state index contributed by atoms with van der Waals surface area (Å²) in [6, 6.07) is 75.0. The maximum atomic E-state index is 6.62. The van der Waals surface area contributed by atoms with Crippen molar-refractivity contribution in [3.05, 3.63) is 212 Å². The van der Waals surface area contributed by atoms with Crippen LogP contribution in [0.1, 0.15) is 0 Å². The van der Waals surface area contributed by atoms with Gasteiger partial charge in [-0.15, -0.1) is 0 Å². The molecule has 0 radical (unpaired) electrons. The van der Waals surface area contributed by atoms with Gasteiger partial charge in [0.2, 0.25) is 0 Å². The Morgan fingerprint density at radius 1 is 0.281 bits per heavy atom. The molecule has 2 heterocycles. The van der Waals surface area contributed by atoms with Crippen LogP contribution in [0.2, 0.25) is 0 Å². The number of rotatable bonds is 7. The second-order valence-corrected chi connectivity index (χ2v) is 14.4. The van der Waals surface area contributed by atoms with Gasteiger partial charge in [0, 0.05) is 50.2 Å². The summed E-state index contributed by atoms with van der Waals surface area (Å²) in [6.45, 7) is 0. The van der Waals surface area contributed by atoms with Crippen molar-refractivity contribution in [1.29, 1.82) is 0 Å². The molecule has 0 aliphatic rings. The fourth-order valence-electron chi connectivity index (χ4n) is 8.42. The minimum atomic E-state index is 0.845. The average molecular weight is 730 g/mol. The lowest BCUT2D eigenvalue weighted by atomic mass is 9.94. The van der Waals surface area contributed by atoms with Crippen LogP contribution < -0.4 is 4.90 Å². The first-order valence-electron chi connectivity index (χ1n) is 19.3. The third-order valence-electron chi connectivity index (χ3n) is 11.1. The van der Waals surface area contributed by atoms with E-state index in [0.29, 0.717) is 0 Å². The molecule has 0 atom stereocenters. The van der Waals surface area contributed by atoms with E-state index in [4.69, 9.17) is 8.83 Å². The van der Waals surface area contributed by atoms with Crippen LogP contribution in [-0.4, -0.2) is 0 Å². The fourth-order valence-corrected chi connectivity index (χ4v) is 8.42. The van der Waals surface area contributed by atoms with Gasteiger partial charge in [-0.05, 0) is 87.5 Å².